The highest BCUT2D eigenvalue weighted by atomic mass is 35.5. The smallest absolute Gasteiger partial charge is 0.323 e. The fraction of sp³-hybridized carbons (Fsp3) is 0.333. The van der Waals surface area contributed by atoms with Crippen LogP contribution in [0.4, 0.5) is 10.6 Å². The third kappa shape index (κ3) is 4.84. The highest BCUT2D eigenvalue weighted by Crippen LogP contribution is 2.23. The number of amides is 2. The summed E-state index contributed by atoms with van der Waals surface area (Å²) in [7, 11) is 0. The number of benzene rings is 1. The number of anilines is 1. The van der Waals surface area contributed by atoms with Crippen molar-refractivity contribution in [2.45, 2.75) is 13.0 Å². The van der Waals surface area contributed by atoms with E-state index in [1.165, 1.54) is 0 Å². The number of carbonyl (C=O) groups excluding carboxylic acids is 1. The molecule has 0 aliphatic carbocycles. The molecule has 0 spiro atoms. The number of rotatable bonds is 4. The van der Waals surface area contributed by atoms with E-state index in [4.69, 9.17) is 21.1 Å². The van der Waals surface area contributed by atoms with E-state index in [0.29, 0.717) is 42.9 Å². The van der Waals surface area contributed by atoms with E-state index in [-0.39, 0.29) is 12.1 Å². The molecule has 1 atom stereocenters. The van der Waals surface area contributed by atoms with Crippen molar-refractivity contribution in [3.63, 3.8) is 0 Å². The Bertz CT molecular complexity index is 741. The first-order valence-corrected chi connectivity index (χ1v) is 8.48. The van der Waals surface area contributed by atoms with Gasteiger partial charge < -0.3 is 14.4 Å². The molecule has 1 aromatic carbocycles. The van der Waals surface area contributed by atoms with Gasteiger partial charge in [0.05, 0.1) is 18.2 Å². The van der Waals surface area contributed by atoms with Crippen molar-refractivity contribution >= 4 is 23.4 Å². The van der Waals surface area contributed by atoms with Gasteiger partial charge in [0.15, 0.2) is 0 Å². The summed E-state index contributed by atoms with van der Waals surface area (Å²) in [5.74, 6) is 1.15. The number of nitrogens with zero attached hydrogens (tertiary/aromatic N) is 2. The summed E-state index contributed by atoms with van der Waals surface area (Å²) in [5, 5.41) is 3.37. The zero-order chi connectivity index (χ0) is 17.6. The number of ether oxygens (including phenoxy) is 2. The molecule has 1 fully saturated rings. The van der Waals surface area contributed by atoms with Crippen LogP contribution >= 0.6 is 11.6 Å². The molecule has 2 amide bonds. The van der Waals surface area contributed by atoms with Crippen molar-refractivity contribution in [3.05, 3.63) is 53.2 Å². The van der Waals surface area contributed by atoms with Crippen molar-refractivity contribution in [1.82, 2.24) is 9.88 Å². The van der Waals surface area contributed by atoms with Gasteiger partial charge in [-0.3, -0.25) is 5.32 Å². The minimum absolute atomic E-state index is 0.191. The molecule has 0 bridgehead atoms. The second kappa shape index (κ2) is 8.18. The Morgan fingerprint density at radius 2 is 2.20 bits per heavy atom. The average Bonchev–Trinajstić information content (AvgIpc) is 2.61. The first-order valence-electron chi connectivity index (χ1n) is 8.10. The van der Waals surface area contributed by atoms with Crippen LogP contribution in [-0.4, -0.2) is 48.3 Å². The van der Waals surface area contributed by atoms with Gasteiger partial charge >= 0.3 is 6.03 Å². The molecule has 0 saturated carbocycles. The topological polar surface area (TPSA) is 63.7 Å². The first-order chi connectivity index (χ1) is 12.1. The van der Waals surface area contributed by atoms with Crippen LogP contribution in [0.2, 0.25) is 5.02 Å². The number of aryl methyl sites for hydroxylation is 1. The summed E-state index contributed by atoms with van der Waals surface area (Å²) < 4.78 is 11.4. The fourth-order valence-electron chi connectivity index (χ4n) is 2.55. The van der Waals surface area contributed by atoms with Crippen LogP contribution in [0.3, 0.4) is 0 Å². The standard InChI is InChI=1S/C18H20ClN3O3/c1-13-5-4-8-17(20-13)21-18(23)22-9-10-24-14(11-22)12-25-16-7-3-2-6-15(16)19/h2-8,14H,9-12H2,1H3,(H,20,21,23). The number of hydrogen-bond donors (Lipinski definition) is 1. The third-order valence-corrected chi connectivity index (χ3v) is 4.12. The Balaban J connectivity index is 1.53. The lowest BCUT2D eigenvalue weighted by Crippen LogP contribution is -2.49. The number of carbonyl (C=O) groups is 1. The zero-order valence-electron chi connectivity index (χ0n) is 13.9. The molecule has 25 heavy (non-hydrogen) atoms. The van der Waals surface area contributed by atoms with E-state index in [2.05, 4.69) is 10.3 Å². The summed E-state index contributed by atoms with van der Waals surface area (Å²) in [4.78, 5) is 18.4. The maximum Gasteiger partial charge on any atom is 0.323 e. The molecule has 1 saturated heterocycles. The molecule has 0 radical (unpaired) electrons. The summed E-state index contributed by atoms with van der Waals surface area (Å²) >= 11 is 6.08. The number of urea groups is 1. The lowest BCUT2D eigenvalue weighted by Gasteiger charge is -2.32. The molecular weight excluding hydrogens is 342 g/mol. The summed E-state index contributed by atoms with van der Waals surface area (Å²) in [6.45, 7) is 3.65. The quantitative estimate of drug-likeness (QED) is 0.907. The number of morpholine rings is 1. The number of halogens is 1. The van der Waals surface area contributed by atoms with E-state index in [0.717, 1.165) is 5.69 Å². The molecule has 1 aromatic heterocycles. The van der Waals surface area contributed by atoms with Gasteiger partial charge in [-0.2, -0.15) is 0 Å². The van der Waals surface area contributed by atoms with E-state index in [1.54, 1.807) is 23.1 Å². The maximum absolute atomic E-state index is 12.4. The van der Waals surface area contributed by atoms with E-state index in [9.17, 15) is 4.79 Å². The number of nitrogens with one attached hydrogen (secondary N) is 1. The van der Waals surface area contributed by atoms with Gasteiger partial charge in [-0.15, -0.1) is 0 Å². The van der Waals surface area contributed by atoms with Crippen LogP contribution < -0.4 is 10.1 Å². The van der Waals surface area contributed by atoms with Gasteiger partial charge in [0, 0.05) is 12.2 Å². The molecule has 132 valence electrons. The average molecular weight is 362 g/mol. The van der Waals surface area contributed by atoms with Gasteiger partial charge in [0.1, 0.15) is 24.3 Å². The normalized spacial score (nSPS) is 17.2. The SMILES string of the molecule is Cc1cccc(NC(=O)N2CCOC(COc3ccccc3Cl)C2)n1. The Hall–Kier alpha value is -2.31. The van der Waals surface area contributed by atoms with Gasteiger partial charge in [-0.05, 0) is 31.2 Å². The van der Waals surface area contributed by atoms with Crippen molar-refractivity contribution in [3.8, 4) is 5.75 Å². The lowest BCUT2D eigenvalue weighted by atomic mass is 10.3. The maximum atomic E-state index is 12.4. The molecule has 1 aliphatic heterocycles. The Labute approximate surface area is 151 Å². The third-order valence-electron chi connectivity index (χ3n) is 3.81. The molecule has 1 aliphatic rings. The molecular formula is C18H20ClN3O3. The monoisotopic (exact) mass is 361 g/mol. The number of pyridine rings is 1. The molecule has 1 unspecified atom stereocenters. The van der Waals surface area contributed by atoms with Crippen molar-refractivity contribution < 1.29 is 14.3 Å². The Kier molecular flexibility index (Phi) is 5.73. The first kappa shape index (κ1) is 17.5. The number of aromatic nitrogens is 1. The Morgan fingerprint density at radius 1 is 1.36 bits per heavy atom. The van der Waals surface area contributed by atoms with Crippen molar-refractivity contribution in [2.75, 3.05) is 31.6 Å². The Morgan fingerprint density at radius 3 is 3.00 bits per heavy atom. The molecule has 6 nitrogen and oxygen atoms in total. The van der Waals surface area contributed by atoms with Crippen LogP contribution in [-0.2, 0) is 4.74 Å². The second-order valence-corrected chi connectivity index (χ2v) is 6.18. The van der Waals surface area contributed by atoms with Gasteiger partial charge in [0.2, 0.25) is 0 Å². The van der Waals surface area contributed by atoms with Crippen LogP contribution in [0.15, 0.2) is 42.5 Å². The van der Waals surface area contributed by atoms with Crippen LogP contribution in [0.25, 0.3) is 0 Å². The zero-order valence-corrected chi connectivity index (χ0v) is 14.7. The van der Waals surface area contributed by atoms with Gasteiger partial charge in [0.25, 0.3) is 0 Å². The highest BCUT2D eigenvalue weighted by Gasteiger charge is 2.25. The lowest BCUT2D eigenvalue weighted by molar-refractivity contribution is -0.0336. The van der Waals surface area contributed by atoms with Gasteiger partial charge in [-0.25, -0.2) is 9.78 Å². The van der Waals surface area contributed by atoms with Crippen LogP contribution in [0, 0.1) is 6.92 Å². The minimum atomic E-state index is -0.207. The highest BCUT2D eigenvalue weighted by molar-refractivity contribution is 6.32. The largest absolute Gasteiger partial charge is 0.489 e. The molecule has 3 rings (SSSR count). The molecule has 2 heterocycles. The van der Waals surface area contributed by atoms with E-state index in [1.807, 2.05) is 31.2 Å². The van der Waals surface area contributed by atoms with Crippen LogP contribution in [0.5, 0.6) is 5.75 Å². The summed E-state index contributed by atoms with van der Waals surface area (Å²) in [5.41, 5.74) is 0.853. The minimum Gasteiger partial charge on any atom is -0.489 e. The summed E-state index contributed by atoms with van der Waals surface area (Å²) in [6.07, 6.45) is -0.207. The molecule has 1 N–H and O–H groups in total. The molecule has 2 aromatic rings. The predicted molar refractivity (Wildman–Crippen MR) is 96.3 cm³/mol. The summed E-state index contributed by atoms with van der Waals surface area (Å²) in [6, 6.07) is 12.6. The van der Waals surface area contributed by atoms with Crippen molar-refractivity contribution in [1.29, 1.82) is 0 Å². The second-order valence-electron chi connectivity index (χ2n) is 5.77. The molecule has 7 heteroatoms. The van der Waals surface area contributed by atoms with Crippen LogP contribution in [0.1, 0.15) is 5.69 Å². The predicted octanol–water partition coefficient (Wildman–Crippen LogP) is 3.36. The number of para-hydroxylation sites is 1. The van der Waals surface area contributed by atoms with Crippen molar-refractivity contribution in [2.24, 2.45) is 0 Å². The van der Waals surface area contributed by atoms with Gasteiger partial charge in [-0.1, -0.05) is 29.8 Å². The number of hydrogen-bond acceptors (Lipinski definition) is 4. The van der Waals surface area contributed by atoms with E-state index < -0.39 is 0 Å². The fourth-order valence-corrected chi connectivity index (χ4v) is 2.74. The van der Waals surface area contributed by atoms with E-state index >= 15 is 0 Å².